The topological polar surface area (TPSA) is 79.8 Å². The van der Waals surface area contributed by atoms with Crippen LogP contribution in [-0.2, 0) is 24.2 Å². The van der Waals surface area contributed by atoms with Crippen molar-refractivity contribution in [3.05, 3.63) is 76.2 Å². The van der Waals surface area contributed by atoms with E-state index in [1.807, 2.05) is 54.6 Å². The second-order valence-electron chi connectivity index (χ2n) is 6.09. The van der Waals surface area contributed by atoms with Crippen molar-refractivity contribution in [2.24, 2.45) is 0 Å². The fraction of sp³-hybridized carbons (Fsp3) is 0.250. The van der Waals surface area contributed by atoms with Crippen molar-refractivity contribution in [2.75, 3.05) is 11.1 Å². The van der Waals surface area contributed by atoms with Crippen LogP contribution in [0.2, 0.25) is 0 Å². The molecule has 6 nitrogen and oxygen atoms in total. The third kappa shape index (κ3) is 5.34. The third-order valence-electron chi connectivity index (χ3n) is 4.14. The maximum absolute atomic E-state index is 12.2. The van der Waals surface area contributed by atoms with Crippen molar-refractivity contribution in [3.8, 4) is 0 Å². The van der Waals surface area contributed by atoms with Crippen LogP contribution in [0.5, 0.6) is 0 Å². The molecule has 0 saturated heterocycles. The van der Waals surface area contributed by atoms with E-state index in [1.165, 1.54) is 17.3 Å². The molecule has 27 heavy (non-hydrogen) atoms. The number of rotatable bonds is 8. The van der Waals surface area contributed by atoms with E-state index in [1.54, 1.807) is 4.57 Å². The molecule has 1 amide bonds. The molecule has 2 aromatic carbocycles. The van der Waals surface area contributed by atoms with Gasteiger partial charge in [-0.1, -0.05) is 61.2 Å². The number of nitrogens with zero attached hydrogens (tertiary/aromatic N) is 2. The van der Waals surface area contributed by atoms with E-state index in [-0.39, 0.29) is 17.3 Å². The van der Waals surface area contributed by atoms with Gasteiger partial charge in [0.1, 0.15) is 0 Å². The summed E-state index contributed by atoms with van der Waals surface area (Å²) in [6.45, 7) is 2.59. The van der Waals surface area contributed by atoms with Gasteiger partial charge in [0.2, 0.25) is 5.91 Å². The molecule has 0 bridgehead atoms. The molecule has 2 N–H and O–H groups in total. The highest BCUT2D eigenvalue weighted by atomic mass is 32.2. The van der Waals surface area contributed by atoms with Crippen molar-refractivity contribution >= 4 is 23.4 Å². The van der Waals surface area contributed by atoms with Gasteiger partial charge in [-0.15, -0.1) is 5.10 Å². The van der Waals surface area contributed by atoms with Crippen LogP contribution in [0.3, 0.4) is 0 Å². The van der Waals surface area contributed by atoms with E-state index in [0.717, 1.165) is 24.1 Å². The van der Waals surface area contributed by atoms with Gasteiger partial charge in [-0.3, -0.25) is 9.36 Å². The van der Waals surface area contributed by atoms with E-state index >= 15 is 0 Å². The van der Waals surface area contributed by atoms with Gasteiger partial charge in [-0.25, -0.2) is 9.89 Å². The van der Waals surface area contributed by atoms with Crippen LogP contribution in [0.15, 0.2) is 64.5 Å². The van der Waals surface area contributed by atoms with Gasteiger partial charge < -0.3 is 5.32 Å². The first kappa shape index (κ1) is 19.0. The minimum absolute atomic E-state index is 0.127. The Morgan fingerprint density at radius 2 is 1.93 bits per heavy atom. The summed E-state index contributed by atoms with van der Waals surface area (Å²) < 4.78 is 1.57. The molecule has 3 aromatic rings. The van der Waals surface area contributed by atoms with E-state index in [9.17, 15) is 9.59 Å². The standard InChI is InChI=1S/C20H22N4O2S/c1-2-15-9-6-10-17(13-15)21-18(25)14-27-20-23-22-19(26)24(20)12-11-16-7-4-3-5-8-16/h3-10,13H,2,11-12,14H2,1H3,(H,21,25)(H,22,26). The minimum Gasteiger partial charge on any atom is -0.325 e. The second kappa shape index (κ2) is 9.23. The first-order valence-electron chi connectivity index (χ1n) is 8.86. The fourth-order valence-electron chi connectivity index (χ4n) is 2.69. The number of carbonyl (C=O) groups excluding carboxylic acids is 1. The lowest BCUT2D eigenvalue weighted by molar-refractivity contribution is -0.113. The number of hydrogen-bond acceptors (Lipinski definition) is 4. The van der Waals surface area contributed by atoms with Crippen molar-refractivity contribution in [1.29, 1.82) is 0 Å². The predicted molar refractivity (Wildman–Crippen MR) is 108 cm³/mol. The van der Waals surface area contributed by atoms with Gasteiger partial charge >= 0.3 is 5.69 Å². The van der Waals surface area contributed by atoms with E-state index in [4.69, 9.17) is 0 Å². The molecule has 0 radical (unpaired) electrons. The molecule has 0 saturated carbocycles. The highest BCUT2D eigenvalue weighted by Gasteiger charge is 2.12. The largest absolute Gasteiger partial charge is 0.343 e. The zero-order valence-corrected chi connectivity index (χ0v) is 16.0. The van der Waals surface area contributed by atoms with Crippen molar-refractivity contribution in [3.63, 3.8) is 0 Å². The summed E-state index contributed by atoms with van der Waals surface area (Å²) in [4.78, 5) is 24.2. The Kier molecular flexibility index (Phi) is 6.49. The zero-order valence-electron chi connectivity index (χ0n) is 15.1. The number of anilines is 1. The number of aromatic nitrogens is 3. The van der Waals surface area contributed by atoms with Gasteiger partial charge in [0, 0.05) is 12.2 Å². The molecule has 140 valence electrons. The Morgan fingerprint density at radius 3 is 2.70 bits per heavy atom. The number of nitrogens with one attached hydrogen (secondary N) is 2. The fourth-order valence-corrected chi connectivity index (χ4v) is 3.46. The Balaban J connectivity index is 1.57. The normalized spacial score (nSPS) is 10.7. The summed E-state index contributed by atoms with van der Waals surface area (Å²) in [6, 6.07) is 17.7. The number of aryl methyl sites for hydroxylation is 2. The van der Waals surface area contributed by atoms with Crippen LogP contribution >= 0.6 is 11.8 Å². The second-order valence-corrected chi connectivity index (χ2v) is 7.03. The van der Waals surface area contributed by atoms with Crippen molar-refractivity contribution < 1.29 is 4.79 Å². The third-order valence-corrected chi connectivity index (χ3v) is 5.12. The van der Waals surface area contributed by atoms with Gasteiger partial charge in [0.05, 0.1) is 5.75 Å². The molecule has 0 aliphatic carbocycles. The van der Waals surface area contributed by atoms with Crippen LogP contribution in [0, 0.1) is 0 Å². The summed E-state index contributed by atoms with van der Waals surface area (Å²) in [7, 11) is 0. The van der Waals surface area contributed by atoms with Crippen LogP contribution in [-0.4, -0.2) is 26.4 Å². The molecular weight excluding hydrogens is 360 g/mol. The molecular formula is C20H22N4O2S. The van der Waals surface area contributed by atoms with Gasteiger partial charge in [0.15, 0.2) is 5.16 Å². The molecule has 7 heteroatoms. The van der Waals surface area contributed by atoms with Crippen LogP contribution in [0.25, 0.3) is 0 Å². The maximum Gasteiger partial charge on any atom is 0.343 e. The van der Waals surface area contributed by atoms with Gasteiger partial charge in [0.25, 0.3) is 0 Å². The number of amides is 1. The average molecular weight is 382 g/mol. The molecule has 1 aromatic heterocycles. The number of benzene rings is 2. The summed E-state index contributed by atoms with van der Waals surface area (Å²) in [6.07, 6.45) is 1.64. The van der Waals surface area contributed by atoms with Crippen molar-refractivity contribution in [2.45, 2.75) is 31.5 Å². The molecule has 0 aliphatic rings. The molecule has 1 heterocycles. The molecule has 0 unspecified atom stereocenters. The van der Waals surface area contributed by atoms with E-state index in [0.29, 0.717) is 11.7 Å². The molecule has 0 atom stereocenters. The molecule has 0 fully saturated rings. The maximum atomic E-state index is 12.2. The summed E-state index contributed by atoms with van der Waals surface area (Å²) in [5, 5.41) is 9.92. The van der Waals surface area contributed by atoms with Gasteiger partial charge in [-0.2, -0.15) is 0 Å². The van der Waals surface area contributed by atoms with Crippen LogP contribution < -0.4 is 11.0 Å². The lowest BCUT2D eigenvalue weighted by atomic mass is 10.1. The Morgan fingerprint density at radius 1 is 1.15 bits per heavy atom. The summed E-state index contributed by atoms with van der Waals surface area (Å²) >= 11 is 1.25. The van der Waals surface area contributed by atoms with Crippen LogP contribution in [0.1, 0.15) is 18.1 Å². The predicted octanol–water partition coefficient (Wildman–Crippen LogP) is 3.11. The molecule has 0 aliphatic heterocycles. The van der Waals surface area contributed by atoms with Crippen molar-refractivity contribution in [1.82, 2.24) is 14.8 Å². The molecule has 3 rings (SSSR count). The first-order chi connectivity index (χ1) is 13.2. The quantitative estimate of drug-likeness (QED) is 0.587. The number of aromatic amines is 1. The van der Waals surface area contributed by atoms with Gasteiger partial charge in [-0.05, 0) is 36.1 Å². The van der Waals surface area contributed by atoms with E-state index < -0.39 is 0 Å². The number of thioether (sulfide) groups is 1. The SMILES string of the molecule is CCc1cccc(NC(=O)CSc2n[nH]c(=O)n2CCc2ccccc2)c1. The highest BCUT2D eigenvalue weighted by Crippen LogP contribution is 2.16. The number of H-pyrrole nitrogens is 1. The molecule has 0 spiro atoms. The Bertz CT molecular complexity index is 950. The Labute approximate surface area is 162 Å². The smallest absolute Gasteiger partial charge is 0.325 e. The summed E-state index contributed by atoms with van der Waals surface area (Å²) in [5.41, 5.74) is 2.84. The minimum atomic E-state index is -0.260. The zero-order chi connectivity index (χ0) is 19.1. The highest BCUT2D eigenvalue weighted by molar-refractivity contribution is 7.99. The summed E-state index contributed by atoms with van der Waals surface area (Å²) in [5.74, 6) is 0.0599. The lowest BCUT2D eigenvalue weighted by Gasteiger charge is -2.07. The van der Waals surface area contributed by atoms with E-state index in [2.05, 4.69) is 22.4 Å². The number of carbonyl (C=O) groups is 1. The van der Waals surface area contributed by atoms with Crippen LogP contribution in [0.4, 0.5) is 5.69 Å². The Hall–Kier alpha value is -2.80. The average Bonchev–Trinajstić information content (AvgIpc) is 3.05. The first-order valence-corrected chi connectivity index (χ1v) is 9.85. The number of hydrogen-bond donors (Lipinski definition) is 2. The monoisotopic (exact) mass is 382 g/mol. The lowest BCUT2D eigenvalue weighted by Crippen LogP contribution is -2.20.